The molecule has 0 unspecified atom stereocenters. The second kappa shape index (κ2) is 6.82. The predicted molar refractivity (Wildman–Crippen MR) is 60.7 cm³/mol. The maximum absolute atomic E-state index is 7.39. The Morgan fingerprint density at radius 2 is 1.93 bits per heavy atom. The average Bonchev–Trinajstić information content (AvgIpc) is 2.10. The van der Waals surface area contributed by atoms with Crippen LogP contribution in [-0.4, -0.2) is 19.0 Å². The molecule has 0 aliphatic rings. The van der Waals surface area contributed by atoms with Crippen LogP contribution in [0.15, 0.2) is 0 Å². The van der Waals surface area contributed by atoms with Gasteiger partial charge in [0.25, 0.3) is 0 Å². The predicted octanol–water partition coefficient (Wildman–Crippen LogP) is 2.55. The molecule has 0 bridgehead atoms. The van der Waals surface area contributed by atoms with Gasteiger partial charge in [0.15, 0.2) is 0 Å². The Labute approximate surface area is 87.5 Å². The topological polar surface area (TPSA) is 59.1 Å². The first-order valence-electron chi connectivity index (χ1n) is 5.43. The molecule has 3 nitrogen and oxygen atoms in total. The number of ether oxygens (including phenoxy) is 1. The first-order chi connectivity index (χ1) is 6.50. The van der Waals surface area contributed by atoms with E-state index >= 15 is 0 Å². The van der Waals surface area contributed by atoms with Crippen molar-refractivity contribution < 1.29 is 4.74 Å². The van der Waals surface area contributed by atoms with Crippen LogP contribution in [0.1, 0.15) is 46.5 Å². The van der Waals surface area contributed by atoms with Gasteiger partial charge in [0, 0.05) is 18.6 Å². The molecular formula is C11H24N2O. The molecule has 0 aromatic rings. The van der Waals surface area contributed by atoms with Crippen molar-refractivity contribution in [2.45, 2.75) is 46.5 Å². The van der Waals surface area contributed by atoms with E-state index in [1.165, 1.54) is 0 Å². The number of amidine groups is 1. The van der Waals surface area contributed by atoms with Crippen LogP contribution in [-0.2, 0) is 4.74 Å². The molecule has 0 spiro atoms. The van der Waals surface area contributed by atoms with E-state index < -0.39 is 0 Å². The van der Waals surface area contributed by atoms with E-state index in [-0.39, 0.29) is 11.3 Å². The van der Waals surface area contributed by atoms with Gasteiger partial charge >= 0.3 is 0 Å². The highest BCUT2D eigenvalue weighted by Crippen LogP contribution is 2.22. The summed E-state index contributed by atoms with van der Waals surface area (Å²) in [5, 5.41) is 7.39. The zero-order valence-electron chi connectivity index (χ0n) is 9.73. The van der Waals surface area contributed by atoms with Gasteiger partial charge in [-0.2, -0.15) is 0 Å². The van der Waals surface area contributed by atoms with Gasteiger partial charge in [0.05, 0.1) is 5.84 Å². The lowest BCUT2D eigenvalue weighted by Gasteiger charge is -2.22. The fourth-order valence-electron chi connectivity index (χ4n) is 1.15. The standard InChI is InChI=1S/C11H24N2O/c1-4-8-14-9-6-5-7-11(2,3)10(12)13/h4-9H2,1-3H3,(H3,12,13). The second-order valence-corrected chi connectivity index (χ2v) is 4.37. The van der Waals surface area contributed by atoms with Gasteiger partial charge in [-0.1, -0.05) is 27.2 Å². The third-order valence-electron chi connectivity index (χ3n) is 2.42. The zero-order chi connectivity index (χ0) is 11.0. The van der Waals surface area contributed by atoms with E-state index in [0.29, 0.717) is 0 Å². The van der Waals surface area contributed by atoms with Crippen molar-refractivity contribution in [2.24, 2.45) is 11.1 Å². The summed E-state index contributed by atoms with van der Waals surface area (Å²) in [4.78, 5) is 0. The number of nitrogens with two attached hydrogens (primary N) is 1. The lowest BCUT2D eigenvalue weighted by molar-refractivity contribution is 0.129. The second-order valence-electron chi connectivity index (χ2n) is 4.37. The summed E-state index contributed by atoms with van der Waals surface area (Å²) in [6.45, 7) is 7.83. The number of hydrogen-bond donors (Lipinski definition) is 2. The highest BCUT2D eigenvalue weighted by atomic mass is 16.5. The van der Waals surface area contributed by atoms with Crippen LogP contribution in [0.4, 0.5) is 0 Å². The third kappa shape index (κ3) is 5.97. The van der Waals surface area contributed by atoms with Crippen molar-refractivity contribution in [1.82, 2.24) is 0 Å². The summed E-state index contributed by atoms with van der Waals surface area (Å²) >= 11 is 0. The molecule has 84 valence electrons. The summed E-state index contributed by atoms with van der Waals surface area (Å²) in [5.41, 5.74) is 5.34. The lowest BCUT2D eigenvalue weighted by Crippen LogP contribution is -2.30. The van der Waals surface area contributed by atoms with E-state index in [2.05, 4.69) is 6.92 Å². The van der Waals surface area contributed by atoms with Crippen molar-refractivity contribution in [2.75, 3.05) is 13.2 Å². The van der Waals surface area contributed by atoms with E-state index in [1.54, 1.807) is 0 Å². The molecule has 0 saturated heterocycles. The van der Waals surface area contributed by atoms with Gasteiger partial charge in [-0.05, 0) is 19.3 Å². The average molecular weight is 200 g/mol. The Balaban J connectivity index is 3.40. The van der Waals surface area contributed by atoms with Crippen molar-refractivity contribution in [1.29, 1.82) is 5.41 Å². The Hall–Kier alpha value is -0.570. The Kier molecular flexibility index (Phi) is 6.54. The first-order valence-corrected chi connectivity index (χ1v) is 5.43. The highest BCUT2D eigenvalue weighted by molar-refractivity contribution is 5.82. The third-order valence-corrected chi connectivity index (χ3v) is 2.42. The summed E-state index contributed by atoms with van der Waals surface area (Å²) in [5.74, 6) is 0.284. The quantitative estimate of drug-likeness (QED) is 0.359. The number of hydrogen-bond acceptors (Lipinski definition) is 2. The largest absolute Gasteiger partial charge is 0.387 e. The normalized spacial score (nSPS) is 11.6. The number of unbranched alkanes of at least 4 members (excludes halogenated alkanes) is 1. The van der Waals surface area contributed by atoms with Gasteiger partial charge in [0.2, 0.25) is 0 Å². The van der Waals surface area contributed by atoms with Crippen LogP contribution in [0.3, 0.4) is 0 Å². The van der Waals surface area contributed by atoms with Crippen molar-refractivity contribution in [3.63, 3.8) is 0 Å². The number of rotatable bonds is 8. The Morgan fingerprint density at radius 1 is 1.29 bits per heavy atom. The van der Waals surface area contributed by atoms with Crippen molar-refractivity contribution in [3.05, 3.63) is 0 Å². The summed E-state index contributed by atoms with van der Waals surface area (Å²) < 4.78 is 5.37. The molecule has 0 aromatic heterocycles. The molecule has 3 N–H and O–H groups in total. The molecule has 0 rings (SSSR count). The molecule has 0 saturated carbocycles. The molecule has 0 heterocycles. The zero-order valence-corrected chi connectivity index (χ0v) is 9.73. The Morgan fingerprint density at radius 3 is 2.43 bits per heavy atom. The molecule has 0 amide bonds. The SMILES string of the molecule is CCCOCCCCC(C)(C)C(=N)N. The van der Waals surface area contributed by atoms with Crippen LogP contribution >= 0.6 is 0 Å². The minimum Gasteiger partial charge on any atom is -0.387 e. The van der Waals surface area contributed by atoms with Crippen LogP contribution < -0.4 is 5.73 Å². The molecule has 0 aromatic carbocycles. The van der Waals surface area contributed by atoms with E-state index in [4.69, 9.17) is 15.9 Å². The molecule has 0 fully saturated rings. The molecule has 3 heteroatoms. The fourth-order valence-corrected chi connectivity index (χ4v) is 1.15. The lowest BCUT2D eigenvalue weighted by atomic mass is 9.86. The van der Waals surface area contributed by atoms with Crippen LogP contribution in [0.5, 0.6) is 0 Å². The molecular weight excluding hydrogens is 176 g/mol. The molecule has 0 radical (unpaired) electrons. The minimum atomic E-state index is -0.148. The fraction of sp³-hybridized carbons (Fsp3) is 0.909. The van der Waals surface area contributed by atoms with Crippen LogP contribution in [0, 0.1) is 10.8 Å². The molecule has 0 atom stereocenters. The molecule has 0 aliphatic heterocycles. The maximum Gasteiger partial charge on any atom is 0.0963 e. The van der Waals surface area contributed by atoms with Gasteiger partial charge < -0.3 is 10.5 Å². The first kappa shape index (κ1) is 13.4. The van der Waals surface area contributed by atoms with Gasteiger partial charge in [-0.25, -0.2) is 0 Å². The Bertz CT molecular complexity index is 167. The summed E-state index contributed by atoms with van der Waals surface area (Å²) in [6, 6.07) is 0. The maximum atomic E-state index is 7.39. The van der Waals surface area contributed by atoms with Crippen molar-refractivity contribution >= 4 is 5.84 Å². The van der Waals surface area contributed by atoms with Gasteiger partial charge in [-0.15, -0.1) is 0 Å². The minimum absolute atomic E-state index is 0.148. The van der Waals surface area contributed by atoms with E-state index in [9.17, 15) is 0 Å². The summed E-state index contributed by atoms with van der Waals surface area (Å²) in [7, 11) is 0. The highest BCUT2D eigenvalue weighted by Gasteiger charge is 2.20. The number of nitrogens with one attached hydrogen (secondary N) is 1. The van der Waals surface area contributed by atoms with Crippen molar-refractivity contribution in [3.8, 4) is 0 Å². The monoisotopic (exact) mass is 200 g/mol. The molecule has 0 aliphatic carbocycles. The van der Waals surface area contributed by atoms with Crippen LogP contribution in [0.2, 0.25) is 0 Å². The van der Waals surface area contributed by atoms with Gasteiger partial charge in [-0.3, -0.25) is 5.41 Å². The van der Waals surface area contributed by atoms with E-state index in [1.807, 2.05) is 13.8 Å². The van der Waals surface area contributed by atoms with Crippen LogP contribution in [0.25, 0.3) is 0 Å². The van der Waals surface area contributed by atoms with Gasteiger partial charge in [0.1, 0.15) is 0 Å². The smallest absolute Gasteiger partial charge is 0.0963 e. The summed E-state index contributed by atoms with van der Waals surface area (Å²) in [6.07, 6.45) is 4.20. The van der Waals surface area contributed by atoms with E-state index in [0.717, 1.165) is 38.9 Å². The molecule has 14 heavy (non-hydrogen) atoms.